The highest BCUT2D eigenvalue weighted by molar-refractivity contribution is 5.60. The van der Waals surface area contributed by atoms with Gasteiger partial charge in [-0.25, -0.2) is 0 Å². The van der Waals surface area contributed by atoms with Crippen LogP contribution in [0.5, 0.6) is 5.75 Å². The van der Waals surface area contributed by atoms with E-state index in [2.05, 4.69) is 29.0 Å². The third-order valence-corrected chi connectivity index (χ3v) is 4.66. The van der Waals surface area contributed by atoms with Gasteiger partial charge in [-0.15, -0.1) is 0 Å². The number of benzene rings is 1. The summed E-state index contributed by atoms with van der Waals surface area (Å²) < 4.78 is 5.32. The van der Waals surface area contributed by atoms with Gasteiger partial charge < -0.3 is 15.4 Å². The van der Waals surface area contributed by atoms with Gasteiger partial charge in [-0.1, -0.05) is 0 Å². The molecule has 0 radical (unpaired) electrons. The molecule has 0 amide bonds. The SMILES string of the molecule is COc1cc(N)cc(N2CCC3CCC(C2)N3C)c1. The van der Waals surface area contributed by atoms with E-state index < -0.39 is 0 Å². The molecule has 19 heavy (non-hydrogen) atoms. The fourth-order valence-electron chi connectivity index (χ4n) is 3.45. The monoisotopic (exact) mass is 261 g/mol. The first kappa shape index (κ1) is 12.6. The van der Waals surface area contributed by atoms with Crippen molar-refractivity contribution in [1.29, 1.82) is 0 Å². The largest absolute Gasteiger partial charge is 0.497 e. The minimum atomic E-state index is 0.680. The molecule has 0 spiro atoms. The molecule has 0 aromatic heterocycles. The second-order valence-electron chi connectivity index (χ2n) is 5.75. The van der Waals surface area contributed by atoms with Gasteiger partial charge in [0.25, 0.3) is 0 Å². The van der Waals surface area contributed by atoms with Crippen LogP contribution in [0.2, 0.25) is 0 Å². The summed E-state index contributed by atoms with van der Waals surface area (Å²) >= 11 is 0. The second-order valence-corrected chi connectivity index (χ2v) is 5.75. The van der Waals surface area contributed by atoms with Crippen molar-refractivity contribution in [3.05, 3.63) is 18.2 Å². The lowest BCUT2D eigenvalue weighted by atomic mass is 10.1. The molecule has 2 saturated heterocycles. The molecule has 2 fully saturated rings. The number of nitrogens with zero attached hydrogens (tertiary/aromatic N) is 2. The highest BCUT2D eigenvalue weighted by Crippen LogP contribution is 2.32. The van der Waals surface area contributed by atoms with E-state index in [1.165, 1.54) is 24.9 Å². The van der Waals surface area contributed by atoms with E-state index in [4.69, 9.17) is 10.5 Å². The Morgan fingerprint density at radius 3 is 2.74 bits per heavy atom. The van der Waals surface area contributed by atoms with E-state index >= 15 is 0 Å². The van der Waals surface area contributed by atoms with E-state index in [9.17, 15) is 0 Å². The molecule has 2 N–H and O–H groups in total. The molecule has 104 valence electrons. The summed E-state index contributed by atoms with van der Waals surface area (Å²) in [5.74, 6) is 0.845. The lowest BCUT2D eigenvalue weighted by Gasteiger charge is -2.28. The van der Waals surface area contributed by atoms with E-state index in [0.29, 0.717) is 6.04 Å². The third-order valence-electron chi connectivity index (χ3n) is 4.66. The van der Waals surface area contributed by atoms with Gasteiger partial charge in [0.05, 0.1) is 7.11 Å². The number of rotatable bonds is 2. The quantitative estimate of drug-likeness (QED) is 0.826. The number of anilines is 2. The van der Waals surface area contributed by atoms with Crippen molar-refractivity contribution in [3.63, 3.8) is 0 Å². The van der Waals surface area contributed by atoms with Crippen LogP contribution in [0.15, 0.2) is 18.2 Å². The van der Waals surface area contributed by atoms with Crippen LogP contribution in [0, 0.1) is 0 Å². The van der Waals surface area contributed by atoms with E-state index in [-0.39, 0.29) is 0 Å². The first-order valence-corrected chi connectivity index (χ1v) is 7.09. The van der Waals surface area contributed by atoms with Crippen LogP contribution in [0.1, 0.15) is 19.3 Å². The Kier molecular flexibility index (Phi) is 3.27. The maximum Gasteiger partial charge on any atom is 0.122 e. The number of fused-ring (bicyclic) bond motifs is 2. The molecule has 4 heteroatoms. The average molecular weight is 261 g/mol. The minimum absolute atomic E-state index is 0.680. The van der Waals surface area contributed by atoms with Crippen LogP contribution >= 0.6 is 0 Å². The molecule has 0 aliphatic carbocycles. The summed E-state index contributed by atoms with van der Waals surface area (Å²) in [4.78, 5) is 5.02. The van der Waals surface area contributed by atoms with E-state index in [0.717, 1.165) is 30.6 Å². The molecule has 2 aliphatic heterocycles. The number of likely N-dealkylation sites (N-methyl/N-ethyl adjacent to an activating group) is 1. The van der Waals surface area contributed by atoms with Crippen molar-refractivity contribution in [1.82, 2.24) is 4.90 Å². The zero-order valence-electron chi connectivity index (χ0n) is 11.8. The highest BCUT2D eigenvalue weighted by atomic mass is 16.5. The summed E-state index contributed by atoms with van der Waals surface area (Å²) in [6, 6.07) is 7.47. The van der Waals surface area contributed by atoms with Crippen molar-refractivity contribution in [2.75, 3.05) is 37.9 Å². The number of nitrogen functional groups attached to an aromatic ring is 1. The standard InChI is InChI=1S/C15H23N3O/c1-17-12-3-4-13(17)10-18(6-5-12)14-7-11(16)8-15(9-14)19-2/h7-9,12-13H,3-6,10,16H2,1-2H3. The van der Waals surface area contributed by atoms with Crippen LogP contribution < -0.4 is 15.4 Å². The molecule has 1 aromatic rings. The van der Waals surface area contributed by atoms with Crippen molar-refractivity contribution in [3.8, 4) is 5.75 Å². The number of ether oxygens (including phenoxy) is 1. The fourth-order valence-corrected chi connectivity index (χ4v) is 3.45. The summed E-state index contributed by atoms with van der Waals surface area (Å²) in [5, 5.41) is 0. The predicted octanol–water partition coefficient (Wildman–Crippen LogP) is 1.95. The van der Waals surface area contributed by atoms with Gasteiger partial charge in [-0.05, 0) is 32.4 Å². The lowest BCUT2D eigenvalue weighted by Crippen LogP contribution is -2.36. The maximum absolute atomic E-state index is 5.97. The average Bonchev–Trinajstić information content (AvgIpc) is 2.62. The van der Waals surface area contributed by atoms with Crippen LogP contribution in [0.25, 0.3) is 0 Å². The Bertz CT molecular complexity index is 463. The summed E-state index contributed by atoms with van der Waals surface area (Å²) in [6.45, 7) is 2.21. The molecule has 2 heterocycles. The number of hydrogen-bond acceptors (Lipinski definition) is 4. The normalized spacial score (nSPS) is 27.4. The van der Waals surface area contributed by atoms with Crippen molar-refractivity contribution < 1.29 is 4.74 Å². The van der Waals surface area contributed by atoms with Gasteiger partial charge in [0, 0.05) is 48.7 Å². The molecule has 3 rings (SSSR count). The van der Waals surface area contributed by atoms with Crippen molar-refractivity contribution in [2.24, 2.45) is 0 Å². The second kappa shape index (κ2) is 4.93. The van der Waals surface area contributed by atoms with Crippen LogP contribution in [-0.4, -0.2) is 44.2 Å². The van der Waals surface area contributed by atoms with Crippen molar-refractivity contribution in [2.45, 2.75) is 31.3 Å². The van der Waals surface area contributed by atoms with Crippen LogP contribution in [0.3, 0.4) is 0 Å². The maximum atomic E-state index is 5.97. The molecule has 2 aliphatic rings. The molecule has 1 aromatic carbocycles. The Morgan fingerprint density at radius 1 is 1.16 bits per heavy atom. The number of methoxy groups -OCH3 is 1. The lowest BCUT2D eigenvalue weighted by molar-refractivity contribution is 0.254. The summed E-state index contributed by atoms with van der Waals surface area (Å²) in [5.41, 5.74) is 7.93. The Labute approximate surface area is 115 Å². The molecule has 2 atom stereocenters. The molecule has 2 unspecified atom stereocenters. The minimum Gasteiger partial charge on any atom is -0.497 e. The molecule has 0 saturated carbocycles. The predicted molar refractivity (Wildman–Crippen MR) is 78.8 cm³/mol. The van der Waals surface area contributed by atoms with Gasteiger partial charge in [-0.3, -0.25) is 4.90 Å². The Balaban J connectivity index is 1.84. The number of nitrogens with two attached hydrogens (primary N) is 1. The van der Waals surface area contributed by atoms with E-state index in [1.54, 1.807) is 7.11 Å². The van der Waals surface area contributed by atoms with Gasteiger partial charge >= 0.3 is 0 Å². The molecular weight excluding hydrogens is 238 g/mol. The van der Waals surface area contributed by atoms with Crippen LogP contribution in [-0.2, 0) is 0 Å². The first-order valence-electron chi connectivity index (χ1n) is 7.09. The molecule has 2 bridgehead atoms. The fraction of sp³-hybridized carbons (Fsp3) is 0.600. The van der Waals surface area contributed by atoms with E-state index in [1.807, 2.05) is 6.07 Å². The first-order chi connectivity index (χ1) is 9.17. The highest BCUT2D eigenvalue weighted by Gasteiger charge is 2.34. The zero-order chi connectivity index (χ0) is 13.4. The van der Waals surface area contributed by atoms with Crippen LogP contribution in [0.4, 0.5) is 11.4 Å². The smallest absolute Gasteiger partial charge is 0.122 e. The van der Waals surface area contributed by atoms with Crippen molar-refractivity contribution >= 4 is 11.4 Å². The topological polar surface area (TPSA) is 41.7 Å². The summed E-state index contributed by atoms with van der Waals surface area (Å²) in [7, 11) is 3.96. The zero-order valence-corrected chi connectivity index (χ0v) is 11.8. The number of hydrogen-bond donors (Lipinski definition) is 1. The Morgan fingerprint density at radius 2 is 1.95 bits per heavy atom. The van der Waals surface area contributed by atoms with Gasteiger partial charge in [0.2, 0.25) is 0 Å². The third kappa shape index (κ3) is 2.37. The van der Waals surface area contributed by atoms with Gasteiger partial charge in [0.15, 0.2) is 0 Å². The molecular formula is C15H23N3O. The van der Waals surface area contributed by atoms with Gasteiger partial charge in [-0.2, -0.15) is 0 Å². The van der Waals surface area contributed by atoms with Gasteiger partial charge in [0.1, 0.15) is 5.75 Å². The summed E-state index contributed by atoms with van der Waals surface area (Å²) in [6.07, 6.45) is 3.91. The Hall–Kier alpha value is -1.42. The molecule has 4 nitrogen and oxygen atoms in total.